The zero-order valence-electron chi connectivity index (χ0n) is 29.6. The fourth-order valence-corrected chi connectivity index (χ4v) is 6.66. The van der Waals surface area contributed by atoms with E-state index >= 15 is 0 Å². The van der Waals surface area contributed by atoms with Gasteiger partial charge in [-0.2, -0.15) is 0 Å². The molecule has 9 nitrogen and oxygen atoms in total. The highest BCUT2D eigenvalue weighted by atomic mass is 16.7. The summed E-state index contributed by atoms with van der Waals surface area (Å²) in [6.45, 7) is 3.41. The van der Waals surface area contributed by atoms with Crippen LogP contribution in [-0.4, -0.2) is 79.1 Å². The molecule has 2 aliphatic heterocycles. The molecule has 4 aromatic carbocycles. The van der Waals surface area contributed by atoms with E-state index in [0.717, 1.165) is 22.3 Å². The third-order valence-corrected chi connectivity index (χ3v) is 9.33. The van der Waals surface area contributed by atoms with E-state index in [1.807, 2.05) is 134 Å². The summed E-state index contributed by atoms with van der Waals surface area (Å²) in [5.41, 5.74) is 3.98. The fourth-order valence-electron chi connectivity index (χ4n) is 6.66. The minimum atomic E-state index is -1.15. The van der Waals surface area contributed by atoms with E-state index in [1.165, 1.54) is 0 Å². The number of aliphatic hydroxyl groups excluding tert-OH is 2. The first-order valence-electron chi connectivity index (χ1n) is 18.1. The smallest absolute Gasteiger partial charge is 0.167 e. The molecule has 0 radical (unpaired) electrons. The van der Waals surface area contributed by atoms with Gasteiger partial charge in [0.05, 0.1) is 51.7 Å². The monoisotopic (exact) mass is 710 g/mol. The van der Waals surface area contributed by atoms with Crippen molar-refractivity contribution in [2.24, 2.45) is 5.92 Å². The highest BCUT2D eigenvalue weighted by Gasteiger charge is 2.53. The molecule has 1 fully saturated rings. The number of aliphatic hydroxyl groups is 2. The average molecular weight is 711 g/mol. The van der Waals surface area contributed by atoms with Gasteiger partial charge in [0, 0.05) is 6.61 Å². The van der Waals surface area contributed by atoms with Crippen molar-refractivity contribution in [3.8, 4) is 0 Å². The van der Waals surface area contributed by atoms with E-state index in [0.29, 0.717) is 19.8 Å². The Morgan fingerprint density at radius 2 is 1.06 bits per heavy atom. The minimum absolute atomic E-state index is 0.173. The first-order chi connectivity index (χ1) is 25.6. The number of ether oxygens (including phenoxy) is 7. The summed E-state index contributed by atoms with van der Waals surface area (Å²) in [4.78, 5) is 0. The van der Waals surface area contributed by atoms with E-state index in [1.54, 1.807) is 6.08 Å². The van der Waals surface area contributed by atoms with E-state index in [4.69, 9.17) is 33.2 Å². The van der Waals surface area contributed by atoms with Crippen molar-refractivity contribution in [2.45, 2.75) is 82.4 Å². The van der Waals surface area contributed by atoms with Crippen molar-refractivity contribution < 1.29 is 43.4 Å². The van der Waals surface area contributed by atoms with Crippen LogP contribution in [-0.2, 0) is 59.6 Å². The van der Waals surface area contributed by atoms with Crippen molar-refractivity contribution in [3.63, 3.8) is 0 Å². The molecular weight excluding hydrogens is 660 g/mol. The van der Waals surface area contributed by atoms with E-state index in [9.17, 15) is 10.2 Å². The first-order valence-corrected chi connectivity index (χ1v) is 18.1. The summed E-state index contributed by atoms with van der Waals surface area (Å²) in [6, 6.07) is 39.8. The summed E-state index contributed by atoms with van der Waals surface area (Å²) in [7, 11) is 0. The van der Waals surface area contributed by atoms with Crippen molar-refractivity contribution in [2.75, 3.05) is 19.8 Å². The predicted molar refractivity (Wildman–Crippen MR) is 196 cm³/mol. The molecule has 52 heavy (non-hydrogen) atoms. The van der Waals surface area contributed by atoms with Crippen LogP contribution in [0, 0.1) is 5.92 Å². The van der Waals surface area contributed by atoms with Crippen LogP contribution in [0.4, 0.5) is 0 Å². The van der Waals surface area contributed by atoms with Gasteiger partial charge in [-0.05, 0) is 29.2 Å². The number of hydrogen-bond acceptors (Lipinski definition) is 9. The molecule has 9 heteroatoms. The molecule has 6 rings (SSSR count). The Morgan fingerprint density at radius 1 is 0.577 bits per heavy atom. The molecule has 9 atom stereocenters. The van der Waals surface area contributed by atoms with Crippen molar-refractivity contribution in [3.05, 3.63) is 156 Å². The molecule has 4 aromatic rings. The van der Waals surface area contributed by atoms with E-state index < -0.39 is 54.9 Å². The van der Waals surface area contributed by atoms with Crippen molar-refractivity contribution >= 4 is 0 Å². The first kappa shape index (κ1) is 38.0. The number of rotatable bonds is 18. The minimum Gasteiger partial charge on any atom is -0.393 e. The molecule has 1 saturated heterocycles. The van der Waals surface area contributed by atoms with E-state index in [-0.39, 0.29) is 26.4 Å². The van der Waals surface area contributed by atoms with Crippen LogP contribution in [0.25, 0.3) is 0 Å². The third-order valence-electron chi connectivity index (χ3n) is 9.33. The van der Waals surface area contributed by atoms with Gasteiger partial charge >= 0.3 is 0 Å². The molecule has 0 aliphatic carbocycles. The zero-order valence-corrected chi connectivity index (χ0v) is 29.6. The lowest BCUT2D eigenvalue weighted by atomic mass is 9.85. The normalized spacial score (nSPS) is 26.6. The lowest BCUT2D eigenvalue weighted by Gasteiger charge is -2.49. The standard InChI is InChI=1S/C43H50O9/c1-2-47-43-36(24-23-35(25-44)51-43)38(45)40-42(50-29-34-21-13-6-14-22-34)41(49-28-33-19-11-5-12-20-33)39(48-27-32-17-9-4-10-18-32)37(52-40)30-46-26-31-15-7-3-8-16-31/h3-24,35-45H,2,25-30H2,1H3/t35-,36+,37+,38?,39+,40-,41-,42-,43-/m0/s1. The maximum atomic E-state index is 12.3. The van der Waals surface area contributed by atoms with Gasteiger partial charge in [0.25, 0.3) is 0 Å². The van der Waals surface area contributed by atoms with Gasteiger partial charge in [-0.25, -0.2) is 0 Å². The Kier molecular flexibility index (Phi) is 14.6. The molecule has 0 saturated carbocycles. The van der Waals surface area contributed by atoms with Gasteiger partial charge in [0.1, 0.15) is 36.6 Å². The van der Waals surface area contributed by atoms with Gasteiger partial charge in [-0.3, -0.25) is 0 Å². The molecule has 0 aromatic heterocycles. The Balaban J connectivity index is 1.36. The molecule has 0 bridgehead atoms. The number of benzene rings is 4. The molecular formula is C43H50O9. The van der Waals surface area contributed by atoms with Gasteiger partial charge in [-0.1, -0.05) is 133 Å². The lowest BCUT2D eigenvalue weighted by molar-refractivity contribution is -0.298. The van der Waals surface area contributed by atoms with Crippen LogP contribution in [0.3, 0.4) is 0 Å². The molecule has 2 aliphatic rings. The largest absolute Gasteiger partial charge is 0.393 e. The topological polar surface area (TPSA) is 105 Å². The van der Waals surface area contributed by atoms with Crippen molar-refractivity contribution in [1.29, 1.82) is 0 Å². The summed E-state index contributed by atoms with van der Waals surface area (Å²) in [6.07, 6.45) is -2.57. The maximum absolute atomic E-state index is 12.3. The SMILES string of the molecule is CCO[C@H]1O[C@H](CO)C=C[C@@H]1C(O)[C@@H]1O[C@H](COCc2ccccc2)[C@@H](OCc2ccccc2)[C@H](OCc2ccccc2)[C@H]1OCc1ccccc1. The fraction of sp³-hybridized carbons (Fsp3) is 0.395. The van der Waals surface area contributed by atoms with E-state index in [2.05, 4.69) is 0 Å². The van der Waals surface area contributed by atoms with Crippen molar-refractivity contribution in [1.82, 2.24) is 0 Å². The number of hydrogen-bond donors (Lipinski definition) is 2. The van der Waals surface area contributed by atoms with Crippen LogP contribution in [0.2, 0.25) is 0 Å². The predicted octanol–water partition coefficient (Wildman–Crippen LogP) is 6.01. The Hall–Kier alpha value is -3.74. The van der Waals surface area contributed by atoms with Crippen LogP contribution in [0.15, 0.2) is 133 Å². The molecule has 0 spiro atoms. The van der Waals surface area contributed by atoms with Crippen LogP contribution < -0.4 is 0 Å². The Morgan fingerprint density at radius 3 is 1.56 bits per heavy atom. The van der Waals surface area contributed by atoms with Gasteiger partial charge < -0.3 is 43.4 Å². The summed E-state index contributed by atoms with van der Waals surface area (Å²) >= 11 is 0. The molecule has 2 heterocycles. The lowest BCUT2D eigenvalue weighted by Crippen LogP contribution is -2.65. The summed E-state index contributed by atoms with van der Waals surface area (Å²) < 4.78 is 45.6. The van der Waals surface area contributed by atoms with Crippen LogP contribution in [0.5, 0.6) is 0 Å². The second-order valence-electron chi connectivity index (χ2n) is 13.1. The Bertz CT molecular complexity index is 1590. The highest BCUT2D eigenvalue weighted by Crippen LogP contribution is 2.36. The second kappa shape index (κ2) is 19.9. The summed E-state index contributed by atoms with van der Waals surface area (Å²) in [5.74, 6) is -0.627. The van der Waals surface area contributed by atoms with Gasteiger partial charge in [-0.15, -0.1) is 0 Å². The molecule has 2 N–H and O–H groups in total. The molecule has 276 valence electrons. The maximum Gasteiger partial charge on any atom is 0.167 e. The molecule has 1 unspecified atom stereocenters. The van der Waals surface area contributed by atoms with Gasteiger partial charge in [0.15, 0.2) is 6.29 Å². The van der Waals surface area contributed by atoms with Crippen LogP contribution in [0.1, 0.15) is 29.2 Å². The zero-order chi connectivity index (χ0) is 36.0. The van der Waals surface area contributed by atoms with Gasteiger partial charge in [0.2, 0.25) is 0 Å². The molecule has 0 amide bonds. The second-order valence-corrected chi connectivity index (χ2v) is 13.1. The quantitative estimate of drug-likeness (QED) is 0.120. The van der Waals surface area contributed by atoms with Crippen LogP contribution >= 0.6 is 0 Å². The summed E-state index contributed by atoms with van der Waals surface area (Å²) in [5, 5.41) is 22.2. The average Bonchev–Trinajstić information content (AvgIpc) is 3.20. The third kappa shape index (κ3) is 10.4. The Labute approximate surface area is 306 Å². The highest BCUT2D eigenvalue weighted by molar-refractivity contribution is 5.17.